The second kappa shape index (κ2) is 10.2. The fourth-order valence-corrected chi connectivity index (χ4v) is 4.89. The van der Waals surface area contributed by atoms with E-state index in [1.165, 1.54) is 6.92 Å². The third kappa shape index (κ3) is 6.35. The fourth-order valence-electron chi connectivity index (χ4n) is 4.89. The van der Waals surface area contributed by atoms with E-state index in [1.54, 1.807) is 4.90 Å². The van der Waals surface area contributed by atoms with Crippen LogP contribution in [0.25, 0.3) is 10.8 Å². The zero-order chi connectivity index (χ0) is 27.0. The van der Waals surface area contributed by atoms with Crippen LogP contribution in [0.3, 0.4) is 0 Å². The molecule has 2 heterocycles. The van der Waals surface area contributed by atoms with Crippen molar-refractivity contribution in [2.45, 2.75) is 84.8 Å². The summed E-state index contributed by atoms with van der Waals surface area (Å²) in [6, 6.07) is 7.53. The van der Waals surface area contributed by atoms with E-state index in [-0.39, 0.29) is 35.5 Å². The molecular formula is C29H37NO7. The van der Waals surface area contributed by atoms with Crippen molar-refractivity contribution in [1.29, 1.82) is 0 Å². The average Bonchev–Trinajstić information content (AvgIpc) is 2.80. The summed E-state index contributed by atoms with van der Waals surface area (Å²) < 4.78 is 23.4. The number of esters is 2. The molecule has 200 valence electrons. The topological polar surface area (TPSA) is 91.4 Å². The number of likely N-dealkylation sites (tertiary alicyclic amines) is 1. The van der Waals surface area contributed by atoms with E-state index in [9.17, 15) is 14.4 Å². The van der Waals surface area contributed by atoms with Crippen LogP contribution in [-0.2, 0) is 20.7 Å². The van der Waals surface area contributed by atoms with Gasteiger partial charge >= 0.3 is 18.0 Å². The number of amides is 1. The van der Waals surface area contributed by atoms with Gasteiger partial charge < -0.3 is 23.8 Å². The van der Waals surface area contributed by atoms with Crippen LogP contribution in [0.5, 0.6) is 17.2 Å². The predicted molar refractivity (Wildman–Crippen MR) is 139 cm³/mol. The van der Waals surface area contributed by atoms with Gasteiger partial charge in [0, 0.05) is 42.8 Å². The van der Waals surface area contributed by atoms with Gasteiger partial charge in [-0.25, -0.2) is 4.79 Å². The first-order valence-electron chi connectivity index (χ1n) is 13.0. The first-order valence-corrected chi connectivity index (χ1v) is 13.0. The second-order valence-corrected chi connectivity index (χ2v) is 11.6. The molecule has 0 atom stereocenters. The molecule has 0 aromatic heterocycles. The molecule has 0 radical (unpaired) electrons. The van der Waals surface area contributed by atoms with Gasteiger partial charge in [0.25, 0.3) is 0 Å². The van der Waals surface area contributed by atoms with Gasteiger partial charge in [-0.3, -0.25) is 9.59 Å². The van der Waals surface area contributed by atoms with Crippen LogP contribution in [0.4, 0.5) is 4.79 Å². The van der Waals surface area contributed by atoms with Crippen LogP contribution in [-0.4, -0.2) is 47.2 Å². The lowest BCUT2D eigenvalue weighted by Gasteiger charge is -2.35. The molecule has 2 aromatic rings. The van der Waals surface area contributed by atoms with Gasteiger partial charge in [0.2, 0.25) is 0 Å². The number of hydrogen-bond acceptors (Lipinski definition) is 7. The van der Waals surface area contributed by atoms with E-state index < -0.39 is 17.5 Å². The Balaban J connectivity index is 1.54. The lowest BCUT2D eigenvalue weighted by molar-refractivity contribution is -0.137. The van der Waals surface area contributed by atoms with Crippen molar-refractivity contribution < 1.29 is 33.3 Å². The normalized spacial score (nSPS) is 17.5. The Bertz CT molecular complexity index is 1200. The van der Waals surface area contributed by atoms with Gasteiger partial charge in [-0.05, 0) is 66.2 Å². The molecule has 2 aliphatic rings. The average molecular weight is 512 g/mol. The van der Waals surface area contributed by atoms with Crippen molar-refractivity contribution in [3.8, 4) is 17.2 Å². The summed E-state index contributed by atoms with van der Waals surface area (Å²) in [4.78, 5) is 39.2. The van der Waals surface area contributed by atoms with E-state index in [1.807, 2.05) is 58.9 Å². The minimum atomic E-state index is -0.546. The molecule has 0 unspecified atom stereocenters. The van der Waals surface area contributed by atoms with Crippen molar-refractivity contribution in [3.05, 3.63) is 29.8 Å². The van der Waals surface area contributed by atoms with Crippen LogP contribution in [0.1, 0.15) is 72.8 Å². The standard InChI is InChI=1S/C29H37NO7/c1-18(31)34-26-22-11-14-29(5,6)36-24(22)20-9-7-8-10-21(20)25(26)35-23(32)17-19-12-15-30(16-13-19)27(33)37-28(2,3)4/h7-10,19H,11-17H2,1-6H3. The molecule has 0 bridgehead atoms. The molecule has 2 aromatic carbocycles. The summed E-state index contributed by atoms with van der Waals surface area (Å²) in [7, 11) is 0. The molecule has 4 rings (SSSR count). The zero-order valence-electron chi connectivity index (χ0n) is 22.6. The van der Waals surface area contributed by atoms with Gasteiger partial charge in [0.15, 0.2) is 11.5 Å². The highest BCUT2D eigenvalue weighted by Crippen LogP contribution is 2.50. The molecule has 8 nitrogen and oxygen atoms in total. The van der Waals surface area contributed by atoms with E-state index in [4.69, 9.17) is 18.9 Å². The molecule has 1 fully saturated rings. The maximum Gasteiger partial charge on any atom is 0.410 e. The lowest BCUT2D eigenvalue weighted by atomic mass is 9.91. The Morgan fingerprint density at radius 2 is 1.68 bits per heavy atom. The Labute approximate surface area is 218 Å². The number of hydrogen-bond donors (Lipinski definition) is 0. The summed E-state index contributed by atoms with van der Waals surface area (Å²) in [5.74, 6) is 0.364. The first-order chi connectivity index (χ1) is 17.3. The Morgan fingerprint density at radius 3 is 2.30 bits per heavy atom. The van der Waals surface area contributed by atoms with Crippen LogP contribution < -0.4 is 14.2 Å². The zero-order valence-corrected chi connectivity index (χ0v) is 22.6. The summed E-state index contributed by atoms with van der Waals surface area (Å²) >= 11 is 0. The Hall–Kier alpha value is -3.29. The van der Waals surface area contributed by atoms with Gasteiger partial charge in [-0.1, -0.05) is 24.3 Å². The maximum absolute atomic E-state index is 13.1. The smallest absolute Gasteiger partial charge is 0.410 e. The molecule has 1 saturated heterocycles. The minimum Gasteiger partial charge on any atom is -0.487 e. The second-order valence-electron chi connectivity index (χ2n) is 11.6. The number of carbonyl (C=O) groups excluding carboxylic acids is 3. The van der Waals surface area contributed by atoms with Gasteiger partial charge in [-0.15, -0.1) is 0 Å². The number of benzene rings is 2. The first kappa shape index (κ1) is 26.8. The summed E-state index contributed by atoms with van der Waals surface area (Å²) in [5, 5.41) is 1.47. The van der Waals surface area contributed by atoms with Crippen molar-refractivity contribution in [2.24, 2.45) is 5.92 Å². The van der Waals surface area contributed by atoms with Crippen LogP contribution in [0, 0.1) is 5.92 Å². The van der Waals surface area contributed by atoms with E-state index in [0.717, 1.165) is 17.4 Å². The molecule has 0 aliphatic carbocycles. The van der Waals surface area contributed by atoms with E-state index in [2.05, 4.69) is 0 Å². The number of ether oxygens (including phenoxy) is 4. The molecule has 0 spiro atoms. The van der Waals surface area contributed by atoms with Crippen LogP contribution in [0.15, 0.2) is 24.3 Å². The van der Waals surface area contributed by atoms with Crippen molar-refractivity contribution in [2.75, 3.05) is 13.1 Å². The molecule has 0 N–H and O–H groups in total. The third-order valence-electron chi connectivity index (χ3n) is 6.71. The molecule has 0 saturated carbocycles. The van der Waals surface area contributed by atoms with Crippen LogP contribution in [0.2, 0.25) is 0 Å². The summed E-state index contributed by atoms with van der Waals surface area (Å²) in [6.45, 7) is 12.0. The molecular weight excluding hydrogens is 474 g/mol. The van der Waals surface area contributed by atoms with Gasteiger partial charge in [0.1, 0.15) is 17.0 Å². The number of nitrogens with zero attached hydrogens (tertiary/aromatic N) is 1. The maximum atomic E-state index is 13.1. The van der Waals surface area contributed by atoms with Crippen molar-refractivity contribution in [3.63, 3.8) is 0 Å². The van der Waals surface area contributed by atoms with Crippen molar-refractivity contribution >= 4 is 28.8 Å². The highest BCUT2D eigenvalue weighted by molar-refractivity contribution is 5.99. The van der Waals surface area contributed by atoms with Gasteiger partial charge in [0.05, 0.1) is 0 Å². The molecule has 1 amide bonds. The largest absolute Gasteiger partial charge is 0.487 e. The number of rotatable bonds is 4. The quantitative estimate of drug-likeness (QED) is 0.378. The van der Waals surface area contributed by atoms with Gasteiger partial charge in [-0.2, -0.15) is 0 Å². The van der Waals surface area contributed by atoms with E-state index in [0.29, 0.717) is 43.5 Å². The van der Waals surface area contributed by atoms with E-state index >= 15 is 0 Å². The Morgan fingerprint density at radius 1 is 1.03 bits per heavy atom. The SMILES string of the molecule is CC(=O)Oc1c2c(c3ccccc3c1OC(=O)CC1CCN(C(=O)OC(C)(C)C)CC1)OC(C)(C)CC2. The predicted octanol–water partition coefficient (Wildman–Crippen LogP) is 5.81. The van der Waals surface area contributed by atoms with Crippen LogP contribution >= 0.6 is 0 Å². The highest BCUT2D eigenvalue weighted by Gasteiger charge is 2.34. The number of carbonyl (C=O) groups is 3. The lowest BCUT2D eigenvalue weighted by Crippen LogP contribution is -2.42. The van der Waals surface area contributed by atoms with Crippen molar-refractivity contribution in [1.82, 2.24) is 4.90 Å². The summed E-state index contributed by atoms with van der Waals surface area (Å²) in [5.41, 5.74) is -0.174. The molecule has 2 aliphatic heterocycles. The third-order valence-corrected chi connectivity index (χ3v) is 6.71. The Kier molecular flexibility index (Phi) is 7.40. The highest BCUT2D eigenvalue weighted by atomic mass is 16.6. The fraction of sp³-hybridized carbons (Fsp3) is 0.552. The minimum absolute atomic E-state index is 0.0800. The summed E-state index contributed by atoms with van der Waals surface area (Å²) in [6.07, 6.45) is 2.60. The monoisotopic (exact) mass is 511 g/mol. The molecule has 8 heteroatoms. The number of fused-ring (bicyclic) bond motifs is 3. The number of piperidine rings is 1. The molecule has 37 heavy (non-hydrogen) atoms.